The van der Waals surface area contributed by atoms with Crippen molar-refractivity contribution in [3.63, 3.8) is 0 Å². The van der Waals surface area contributed by atoms with E-state index in [0.717, 1.165) is 31.0 Å². The van der Waals surface area contributed by atoms with E-state index in [0.29, 0.717) is 12.6 Å². The summed E-state index contributed by atoms with van der Waals surface area (Å²) in [6, 6.07) is 0.583. The molecule has 1 saturated heterocycles. The third-order valence-electron chi connectivity index (χ3n) is 3.19. The van der Waals surface area contributed by atoms with Gasteiger partial charge in [-0.3, -0.25) is 0 Å². The van der Waals surface area contributed by atoms with E-state index < -0.39 is 0 Å². The molecule has 0 saturated carbocycles. The van der Waals surface area contributed by atoms with E-state index in [9.17, 15) is 0 Å². The fourth-order valence-corrected chi connectivity index (χ4v) is 2.18. The molecule has 0 amide bonds. The van der Waals surface area contributed by atoms with Crippen LogP contribution in [-0.4, -0.2) is 41.2 Å². The molecule has 1 aliphatic heterocycles. The zero-order chi connectivity index (χ0) is 11.4. The van der Waals surface area contributed by atoms with Crippen molar-refractivity contribution in [3.8, 4) is 0 Å². The normalized spacial score (nSPS) is 21.8. The van der Waals surface area contributed by atoms with Gasteiger partial charge in [-0.1, -0.05) is 5.16 Å². The molecular formula is C11H20N4O. The lowest BCUT2D eigenvalue weighted by molar-refractivity contribution is 0.301. The Morgan fingerprint density at radius 3 is 3.12 bits per heavy atom. The van der Waals surface area contributed by atoms with Gasteiger partial charge in [-0.2, -0.15) is 4.98 Å². The predicted molar refractivity (Wildman–Crippen MR) is 61.0 cm³/mol. The minimum Gasteiger partial charge on any atom is -0.339 e. The summed E-state index contributed by atoms with van der Waals surface area (Å²) in [5, 5.41) is 4.01. The van der Waals surface area contributed by atoms with E-state index in [1.165, 1.54) is 19.4 Å². The lowest BCUT2D eigenvalue weighted by atomic mass is 10.1. The number of likely N-dealkylation sites (N-methyl/N-ethyl adjacent to an activating group) is 1. The quantitative estimate of drug-likeness (QED) is 0.793. The van der Waals surface area contributed by atoms with Crippen molar-refractivity contribution < 1.29 is 4.52 Å². The van der Waals surface area contributed by atoms with Crippen LogP contribution in [-0.2, 0) is 12.8 Å². The van der Waals surface area contributed by atoms with Crippen LogP contribution in [0.5, 0.6) is 0 Å². The number of hydrogen-bond donors (Lipinski definition) is 1. The van der Waals surface area contributed by atoms with Gasteiger partial charge >= 0.3 is 0 Å². The van der Waals surface area contributed by atoms with Gasteiger partial charge in [0.25, 0.3) is 0 Å². The third kappa shape index (κ3) is 2.80. The van der Waals surface area contributed by atoms with Crippen LogP contribution in [0.15, 0.2) is 4.52 Å². The highest BCUT2D eigenvalue weighted by Crippen LogP contribution is 2.18. The molecule has 0 bridgehead atoms. The minimum absolute atomic E-state index is 0.583. The largest absolute Gasteiger partial charge is 0.339 e. The van der Waals surface area contributed by atoms with Crippen molar-refractivity contribution in [3.05, 3.63) is 11.7 Å². The summed E-state index contributed by atoms with van der Waals surface area (Å²) in [6.07, 6.45) is 5.12. The lowest BCUT2D eigenvalue weighted by Crippen LogP contribution is -2.27. The molecule has 1 fully saturated rings. The highest BCUT2D eigenvalue weighted by atomic mass is 16.5. The number of aromatic nitrogens is 2. The van der Waals surface area contributed by atoms with Crippen LogP contribution in [0.25, 0.3) is 0 Å². The topological polar surface area (TPSA) is 68.2 Å². The Labute approximate surface area is 96.0 Å². The first-order chi connectivity index (χ1) is 7.79. The second kappa shape index (κ2) is 5.41. The number of hydrogen-bond acceptors (Lipinski definition) is 5. The molecule has 0 spiro atoms. The van der Waals surface area contributed by atoms with Crippen molar-refractivity contribution in [1.82, 2.24) is 15.0 Å². The zero-order valence-corrected chi connectivity index (χ0v) is 9.85. The summed E-state index contributed by atoms with van der Waals surface area (Å²) in [4.78, 5) is 6.76. The van der Waals surface area contributed by atoms with Crippen LogP contribution < -0.4 is 5.73 Å². The van der Waals surface area contributed by atoms with Crippen LogP contribution in [0.1, 0.15) is 31.0 Å². The summed E-state index contributed by atoms with van der Waals surface area (Å²) >= 11 is 0. The Kier molecular flexibility index (Phi) is 3.90. The first-order valence-corrected chi connectivity index (χ1v) is 6.01. The minimum atomic E-state index is 0.583. The van der Waals surface area contributed by atoms with Gasteiger partial charge in [0, 0.05) is 18.9 Å². The van der Waals surface area contributed by atoms with Crippen LogP contribution in [0.3, 0.4) is 0 Å². The smallest absolute Gasteiger partial charge is 0.226 e. The SMILES string of the molecule is CN1CCCC1Cc1noc(CCCN)n1. The van der Waals surface area contributed by atoms with Crippen molar-refractivity contribution >= 4 is 0 Å². The van der Waals surface area contributed by atoms with Gasteiger partial charge in [0.1, 0.15) is 0 Å². The molecule has 1 aliphatic rings. The number of likely N-dealkylation sites (tertiary alicyclic amines) is 1. The summed E-state index contributed by atoms with van der Waals surface area (Å²) in [6.45, 7) is 1.85. The Morgan fingerprint density at radius 1 is 1.56 bits per heavy atom. The molecule has 5 nitrogen and oxygen atoms in total. The summed E-state index contributed by atoms with van der Waals surface area (Å²) in [7, 11) is 2.16. The third-order valence-corrected chi connectivity index (χ3v) is 3.19. The molecule has 16 heavy (non-hydrogen) atoms. The van der Waals surface area contributed by atoms with Gasteiger partial charge in [-0.25, -0.2) is 0 Å². The van der Waals surface area contributed by atoms with Crippen molar-refractivity contribution in [1.29, 1.82) is 0 Å². The van der Waals surface area contributed by atoms with E-state index >= 15 is 0 Å². The lowest BCUT2D eigenvalue weighted by Gasteiger charge is -2.16. The van der Waals surface area contributed by atoms with E-state index in [1.807, 2.05) is 0 Å². The van der Waals surface area contributed by atoms with E-state index in [-0.39, 0.29) is 0 Å². The molecule has 1 unspecified atom stereocenters. The fourth-order valence-electron chi connectivity index (χ4n) is 2.18. The molecular weight excluding hydrogens is 204 g/mol. The molecule has 2 rings (SSSR count). The first-order valence-electron chi connectivity index (χ1n) is 6.01. The Bertz CT molecular complexity index is 326. The second-order valence-electron chi connectivity index (χ2n) is 4.48. The Morgan fingerprint density at radius 2 is 2.44 bits per heavy atom. The predicted octanol–water partition coefficient (Wildman–Crippen LogP) is 0.598. The van der Waals surface area contributed by atoms with Crippen molar-refractivity contribution in [2.75, 3.05) is 20.1 Å². The molecule has 0 radical (unpaired) electrons. The summed E-state index contributed by atoms with van der Waals surface area (Å²) < 4.78 is 5.18. The maximum Gasteiger partial charge on any atom is 0.226 e. The molecule has 2 heterocycles. The molecule has 2 N–H and O–H groups in total. The van der Waals surface area contributed by atoms with Gasteiger partial charge < -0.3 is 15.2 Å². The van der Waals surface area contributed by atoms with Crippen LogP contribution in [0.4, 0.5) is 0 Å². The van der Waals surface area contributed by atoms with Crippen LogP contribution >= 0.6 is 0 Å². The standard InChI is InChI=1S/C11H20N4O/c1-15-7-3-4-9(15)8-10-13-11(16-14-10)5-2-6-12/h9H,2-8,12H2,1H3. The van der Waals surface area contributed by atoms with Crippen molar-refractivity contribution in [2.45, 2.75) is 38.1 Å². The Hall–Kier alpha value is -0.940. The van der Waals surface area contributed by atoms with Gasteiger partial charge in [0.05, 0.1) is 0 Å². The van der Waals surface area contributed by atoms with Gasteiger partial charge in [-0.05, 0) is 39.4 Å². The highest BCUT2D eigenvalue weighted by Gasteiger charge is 2.22. The fraction of sp³-hybridized carbons (Fsp3) is 0.818. The van der Waals surface area contributed by atoms with Crippen LogP contribution in [0.2, 0.25) is 0 Å². The first kappa shape index (κ1) is 11.5. The molecule has 1 atom stereocenters. The zero-order valence-electron chi connectivity index (χ0n) is 9.85. The van der Waals surface area contributed by atoms with Gasteiger partial charge in [0.2, 0.25) is 5.89 Å². The second-order valence-corrected chi connectivity index (χ2v) is 4.48. The molecule has 1 aromatic rings. The summed E-state index contributed by atoms with van der Waals surface area (Å²) in [5.74, 6) is 1.56. The molecule has 1 aromatic heterocycles. The number of nitrogens with two attached hydrogens (primary N) is 1. The average Bonchev–Trinajstić information content (AvgIpc) is 2.87. The maximum absolute atomic E-state index is 5.44. The monoisotopic (exact) mass is 224 g/mol. The van der Waals surface area contributed by atoms with Gasteiger partial charge in [-0.15, -0.1) is 0 Å². The highest BCUT2D eigenvalue weighted by molar-refractivity contribution is 4.92. The van der Waals surface area contributed by atoms with E-state index in [1.54, 1.807) is 0 Å². The number of nitrogens with zero attached hydrogens (tertiary/aromatic N) is 3. The van der Waals surface area contributed by atoms with E-state index in [2.05, 4.69) is 22.1 Å². The summed E-state index contributed by atoms with van der Waals surface area (Å²) in [5.41, 5.74) is 5.44. The number of rotatable bonds is 5. The van der Waals surface area contributed by atoms with Gasteiger partial charge in [0.15, 0.2) is 5.82 Å². The van der Waals surface area contributed by atoms with Crippen LogP contribution in [0, 0.1) is 0 Å². The van der Waals surface area contributed by atoms with Crippen molar-refractivity contribution in [2.24, 2.45) is 5.73 Å². The molecule has 90 valence electrons. The van der Waals surface area contributed by atoms with E-state index in [4.69, 9.17) is 10.3 Å². The Balaban J connectivity index is 1.87. The number of aryl methyl sites for hydroxylation is 1. The maximum atomic E-state index is 5.44. The molecule has 0 aromatic carbocycles. The molecule has 0 aliphatic carbocycles. The molecule has 5 heteroatoms. The average molecular weight is 224 g/mol.